The Hall–Kier alpha value is -1.88. The standard InChI is InChI=1S/C14H19N5/c1-11(15)9-12-3-2-4-17-14(12)19-8-7-18-6-5-16-13(18)10-19/h2-6,11H,7-10,15H2,1H3. The van der Waals surface area contributed by atoms with E-state index in [1.54, 1.807) is 0 Å². The number of rotatable bonds is 3. The summed E-state index contributed by atoms with van der Waals surface area (Å²) >= 11 is 0. The van der Waals surface area contributed by atoms with E-state index in [0.717, 1.165) is 37.7 Å². The Labute approximate surface area is 113 Å². The molecular formula is C14H19N5. The van der Waals surface area contributed by atoms with Gasteiger partial charge in [0.25, 0.3) is 0 Å². The van der Waals surface area contributed by atoms with E-state index in [4.69, 9.17) is 5.73 Å². The predicted octanol–water partition coefficient (Wildman–Crippen LogP) is 1.19. The van der Waals surface area contributed by atoms with Gasteiger partial charge in [-0.3, -0.25) is 0 Å². The molecule has 0 spiro atoms. The van der Waals surface area contributed by atoms with Crippen molar-refractivity contribution in [3.8, 4) is 0 Å². The molecule has 5 nitrogen and oxygen atoms in total. The Bertz CT molecular complexity index is 560. The van der Waals surface area contributed by atoms with E-state index in [1.165, 1.54) is 5.56 Å². The van der Waals surface area contributed by atoms with Gasteiger partial charge in [0.1, 0.15) is 11.6 Å². The third kappa shape index (κ3) is 2.46. The maximum Gasteiger partial charge on any atom is 0.132 e. The first-order valence-corrected chi connectivity index (χ1v) is 6.68. The van der Waals surface area contributed by atoms with Gasteiger partial charge in [-0.25, -0.2) is 9.97 Å². The van der Waals surface area contributed by atoms with Crippen LogP contribution in [0.4, 0.5) is 5.82 Å². The zero-order valence-corrected chi connectivity index (χ0v) is 11.2. The molecule has 1 aliphatic heterocycles. The molecule has 1 unspecified atom stereocenters. The first kappa shape index (κ1) is 12.2. The first-order chi connectivity index (χ1) is 9.24. The summed E-state index contributed by atoms with van der Waals surface area (Å²) in [7, 11) is 0. The lowest BCUT2D eigenvalue weighted by Crippen LogP contribution is -2.35. The van der Waals surface area contributed by atoms with E-state index in [0.29, 0.717) is 0 Å². The van der Waals surface area contributed by atoms with E-state index < -0.39 is 0 Å². The lowest BCUT2D eigenvalue weighted by Gasteiger charge is -2.30. The van der Waals surface area contributed by atoms with E-state index in [2.05, 4.69) is 25.5 Å². The Balaban J connectivity index is 1.87. The number of imidazole rings is 1. The van der Waals surface area contributed by atoms with Gasteiger partial charge >= 0.3 is 0 Å². The van der Waals surface area contributed by atoms with Gasteiger partial charge in [-0.05, 0) is 25.0 Å². The molecule has 19 heavy (non-hydrogen) atoms. The Morgan fingerprint density at radius 1 is 1.32 bits per heavy atom. The monoisotopic (exact) mass is 257 g/mol. The molecule has 1 atom stereocenters. The van der Waals surface area contributed by atoms with Crippen LogP contribution in [0, 0.1) is 0 Å². The molecule has 2 N–H and O–H groups in total. The molecule has 3 heterocycles. The normalized spacial score (nSPS) is 16.2. The number of fused-ring (bicyclic) bond motifs is 1. The number of nitrogens with two attached hydrogens (primary N) is 1. The van der Waals surface area contributed by atoms with Crippen molar-refractivity contribution >= 4 is 5.82 Å². The Morgan fingerprint density at radius 3 is 3.05 bits per heavy atom. The molecule has 0 aromatic carbocycles. The van der Waals surface area contributed by atoms with E-state index in [1.807, 2.05) is 31.6 Å². The highest BCUT2D eigenvalue weighted by Crippen LogP contribution is 2.22. The van der Waals surface area contributed by atoms with Crippen LogP contribution in [0.15, 0.2) is 30.7 Å². The van der Waals surface area contributed by atoms with Crippen molar-refractivity contribution in [2.75, 3.05) is 11.4 Å². The fraction of sp³-hybridized carbons (Fsp3) is 0.429. The first-order valence-electron chi connectivity index (χ1n) is 6.68. The molecule has 1 aliphatic rings. The van der Waals surface area contributed by atoms with Gasteiger partial charge in [0.05, 0.1) is 6.54 Å². The van der Waals surface area contributed by atoms with Crippen molar-refractivity contribution in [3.63, 3.8) is 0 Å². The summed E-state index contributed by atoms with van der Waals surface area (Å²) in [5, 5.41) is 0. The third-order valence-corrected chi connectivity index (χ3v) is 3.45. The van der Waals surface area contributed by atoms with Crippen molar-refractivity contribution in [2.24, 2.45) is 5.73 Å². The summed E-state index contributed by atoms with van der Waals surface area (Å²) in [6.45, 7) is 4.77. The lowest BCUT2D eigenvalue weighted by molar-refractivity contribution is 0.553. The van der Waals surface area contributed by atoms with Gasteiger partial charge in [0.2, 0.25) is 0 Å². The second kappa shape index (κ2) is 5.01. The van der Waals surface area contributed by atoms with Gasteiger partial charge in [-0.15, -0.1) is 0 Å². The lowest BCUT2D eigenvalue weighted by atomic mass is 10.1. The van der Waals surface area contributed by atoms with E-state index in [9.17, 15) is 0 Å². The molecule has 0 fully saturated rings. The summed E-state index contributed by atoms with van der Waals surface area (Å²) in [5.74, 6) is 2.15. The molecule has 0 saturated heterocycles. The van der Waals surface area contributed by atoms with Crippen LogP contribution < -0.4 is 10.6 Å². The largest absolute Gasteiger partial charge is 0.347 e. The zero-order chi connectivity index (χ0) is 13.2. The van der Waals surface area contributed by atoms with Crippen molar-refractivity contribution in [3.05, 3.63) is 42.1 Å². The van der Waals surface area contributed by atoms with E-state index in [-0.39, 0.29) is 6.04 Å². The van der Waals surface area contributed by atoms with Crippen molar-refractivity contribution in [2.45, 2.75) is 32.5 Å². The van der Waals surface area contributed by atoms with Crippen LogP contribution >= 0.6 is 0 Å². The second-order valence-corrected chi connectivity index (χ2v) is 5.13. The molecule has 0 saturated carbocycles. The minimum absolute atomic E-state index is 0.148. The topological polar surface area (TPSA) is 60.0 Å². The number of nitrogens with zero attached hydrogens (tertiary/aromatic N) is 4. The molecule has 2 aromatic heterocycles. The quantitative estimate of drug-likeness (QED) is 0.897. The number of hydrogen-bond acceptors (Lipinski definition) is 4. The van der Waals surface area contributed by atoms with Crippen LogP contribution in [-0.2, 0) is 19.5 Å². The minimum atomic E-state index is 0.148. The summed E-state index contributed by atoms with van der Waals surface area (Å²) < 4.78 is 2.20. The fourth-order valence-electron chi connectivity index (χ4n) is 2.58. The highest BCUT2D eigenvalue weighted by atomic mass is 15.3. The minimum Gasteiger partial charge on any atom is -0.347 e. The van der Waals surface area contributed by atoms with Gasteiger partial charge in [0, 0.05) is 37.7 Å². The van der Waals surface area contributed by atoms with Gasteiger partial charge in [-0.2, -0.15) is 0 Å². The van der Waals surface area contributed by atoms with Crippen molar-refractivity contribution < 1.29 is 0 Å². The van der Waals surface area contributed by atoms with Crippen LogP contribution in [0.5, 0.6) is 0 Å². The molecule has 0 amide bonds. The fourth-order valence-corrected chi connectivity index (χ4v) is 2.58. The summed E-state index contributed by atoms with van der Waals surface area (Å²) in [5.41, 5.74) is 7.14. The van der Waals surface area contributed by atoms with Gasteiger partial charge in [-0.1, -0.05) is 6.07 Å². The van der Waals surface area contributed by atoms with Crippen LogP contribution in [0.25, 0.3) is 0 Å². The molecule has 3 rings (SSSR count). The van der Waals surface area contributed by atoms with E-state index >= 15 is 0 Å². The average Bonchev–Trinajstić information content (AvgIpc) is 2.86. The zero-order valence-electron chi connectivity index (χ0n) is 11.2. The van der Waals surface area contributed by atoms with Crippen LogP contribution in [-0.4, -0.2) is 27.1 Å². The molecule has 5 heteroatoms. The molecule has 100 valence electrons. The third-order valence-electron chi connectivity index (χ3n) is 3.45. The Kier molecular flexibility index (Phi) is 3.21. The SMILES string of the molecule is CC(N)Cc1cccnc1N1CCn2ccnc2C1. The molecule has 0 radical (unpaired) electrons. The highest BCUT2D eigenvalue weighted by Gasteiger charge is 2.20. The summed E-state index contributed by atoms with van der Waals surface area (Å²) in [6, 6.07) is 4.24. The van der Waals surface area contributed by atoms with Crippen LogP contribution in [0.3, 0.4) is 0 Å². The summed E-state index contributed by atoms with van der Waals surface area (Å²) in [4.78, 5) is 11.2. The van der Waals surface area contributed by atoms with Gasteiger partial charge in [0.15, 0.2) is 0 Å². The highest BCUT2D eigenvalue weighted by molar-refractivity contribution is 5.47. The predicted molar refractivity (Wildman–Crippen MR) is 74.9 cm³/mol. The maximum atomic E-state index is 5.92. The van der Waals surface area contributed by atoms with Crippen LogP contribution in [0.2, 0.25) is 0 Å². The molecular weight excluding hydrogens is 238 g/mol. The average molecular weight is 257 g/mol. The smallest absolute Gasteiger partial charge is 0.132 e. The molecule has 2 aromatic rings. The number of pyridine rings is 1. The Morgan fingerprint density at radius 2 is 2.21 bits per heavy atom. The second-order valence-electron chi connectivity index (χ2n) is 5.13. The van der Waals surface area contributed by atoms with Crippen LogP contribution in [0.1, 0.15) is 18.3 Å². The molecule has 0 aliphatic carbocycles. The summed E-state index contributed by atoms with van der Waals surface area (Å²) in [6.07, 6.45) is 6.60. The van der Waals surface area contributed by atoms with Crippen molar-refractivity contribution in [1.82, 2.24) is 14.5 Å². The maximum absolute atomic E-state index is 5.92. The molecule has 0 bridgehead atoms. The number of anilines is 1. The number of hydrogen-bond donors (Lipinski definition) is 1. The van der Waals surface area contributed by atoms with Crippen molar-refractivity contribution in [1.29, 1.82) is 0 Å². The van der Waals surface area contributed by atoms with Gasteiger partial charge < -0.3 is 15.2 Å². The number of aromatic nitrogens is 3.